The molecule has 2 atom stereocenters. The van der Waals surface area contributed by atoms with Crippen molar-refractivity contribution in [1.82, 2.24) is 19.8 Å². The Kier molecular flexibility index (Phi) is 5.47. The van der Waals surface area contributed by atoms with E-state index in [1.54, 1.807) is 13.1 Å². The van der Waals surface area contributed by atoms with Gasteiger partial charge in [0.2, 0.25) is 0 Å². The summed E-state index contributed by atoms with van der Waals surface area (Å²) in [5, 5.41) is 0. The average molecular weight is 372 g/mol. The fourth-order valence-electron chi connectivity index (χ4n) is 3.74. The van der Waals surface area contributed by atoms with Gasteiger partial charge in [-0.3, -0.25) is 14.7 Å². The van der Waals surface area contributed by atoms with Crippen molar-refractivity contribution in [2.45, 2.75) is 19.1 Å². The minimum absolute atomic E-state index is 0.134. The molecule has 2 fully saturated rings. The third-order valence-corrected chi connectivity index (χ3v) is 5.13. The number of nitrogens with zero attached hydrogens (tertiary/aromatic N) is 4. The molecule has 144 valence electrons. The van der Waals surface area contributed by atoms with Crippen LogP contribution in [0.5, 0.6) is 0 Å². The van der Waals surface area contributed by atoms with E-state index in [1.165, 1.54) is 6.39 Å². The van der Waals surface area contributed by atoms with Crippen molar-refractivity contribution in [3.63, 3.8) is 0 Å². The summed E-state index contributed by atoms with van der Waals surface area (Å²) in [5.74, 6) is 0.395. The van der Waals surface area contributed by atoms with Crippen molar-refractivity contribution in [1.29, 1.82) is 0 Å². The van der Waals surface area contributed by atoms with Crippen molar-refractivity contribution in [2.24, 2.45) is 0 Å². The Morgan fingerprint density at radius 1 is 1.26 bits per heavy atom. The number of aryl methyl sites for hydroxylation is 1. The molecule has 0 unspecified atom stereocenters. The number of carbonyl (C=O) groups excluding carboxylic acids is 1. The summed E-state index contributed by atoms with van der Waals surface area (Å²) >= 11 is 0. The van der Waals surface area contributed by atoms with Gasteiger partial charge in [-0.15, -0.1) is 0 Å². The van der Waals surface area contributed by atoms with Gasteiger partial charge in [0.1, 0.15) is 5.76 Å². The largest absolute Gasteiger partial charge is 0.448 e. The average Bonchev–Trinajstić information content (AvgIpc) is 3.14. The Morgan fingerprint density at radius 3 is 2.81 bits per heavy atom. The molecule has 2 saturated heterocycles. The molecular weight excluding hydrogens is 348 g/mol. The third kappa shape index (κ3) is 3.87. The van der Waals surface area contributed by atoms with Crippen LogP contribution in [0.3, 0.4) is 0 Å². The summed E-state index contributed by atoms with van der Waals surface area (Å²) in [6, 6.07) is 3.66. The summed E-state index contributed by atoms with van der Waals surface area (Å²) < 4.78 is 16.8. The molecule has 0 radical (unpaired) electrons. The van der Waals surface area contributed by atoms with Gasteiger partial charge in [0.25, 0.3) is 5.91 Å². The monoisotopic (exact) mass is 372 g/mol. The second kappa shape index (κ2) is 8.16. The Balaban J connectivity index is 1.62. The topological polar surface area (TPSA) is 80.9 Å². The van der Waals surface area contributed by atoms with Gasteiger partial charge >= 0.3 is 0 Å². The number of morpholine rings is 2. The molecule has 2 aromatic rings. The molecule has 8 heteroatoms. The molecule has 2 aliphatic rings. The van der Waals surface area contributed by atoms with Crippen molar-refractivity contribution < 1.29 is 18.7 Å². The van der Waals surface area contributed by atoms with Crippen LogP contribution in [0, 0.1) is 6.92 Å². The van der Waals surface area contributed by atoms with Gasteiger partial charge in [0, 0.05) is 38.6 Å². The van der Waals surface area contributed by atoms with E-state index in [-0.39, 0.29) is 18.1 Å². The van der Waals surface area contributed by atoms with Crippen LogP contribution in [0.15, 0.2) is 35.3 Å². The molecule has 0 spiro atoms. The Bertz CT molecular complexity index is 760. The van der Waals surface area contributed by atoms with Crippen LogP contribution in [0.4, 0.5) is 0 Å². The smallest absolute Gasteiger partial charge is 0.276 e. The predicted molar refractivity (Wildman–Crippen MR) is 96.3 cm³/mol. The molecule has 2 aromatic heterocycles. The highest BCUT2D eigenvalue weighted by Crippen LogP contribution is 2.31. The lowest BCUT2D eigenvalue weighted by atomic mass is 9.98. The Labute approximate surface area is 158 Å². The van der Waals surface area contributed by atoms with E-state index in [0.717, 1.165) is 38.4 Å². The number of ether oxygens (including phenoxy) is 2. The predicted octanol–water partition coefficient (Wildman–Crippen LogP) is 1.29. The minimum Gasteiger partial charge on any atom is -0.448 e. The van der Waals surface area contributed by atoms with Crippen LogP contribution >= 0.6 is 0 Å². The first-order valence-corrected chi connectivity index (χ1v) is 9.26. The Hall–Kier alpha value is -2.29. The zero-order chi connectivity index (χ0) is 18.6. The molecule has 0 aliphatic carbocycles. The van der Waals surface area contributed by atoms with Gasteiger partial charge in [0.15, 0.2) is 12.1 Å². The number of pyridine rings is 1. The fraction of sp³-hybridized carbons (Fsp3) is 0.526. The molecule has 8 nitrogen and oxygen atoms in total. The Morgan fingerprint density at radius 2 is 2.11 bits per heavy atom. The van der Waals surface area contributed by atoms with Gasteiger partial charge in [-0.1, -0.05) is 6.07 Å². The van der Waals surface area contributed by atoms with E-state index in [2.05, 4.69) is 14.9 Å². The zero-order valence-electron chi connectivity index (χ0n) is 15.4. The number of rotatable bonds is 4. The molecular formula is C19H24N4O4. The number of oxazole rings is 1. The summed E-state index contributed by atoms with van der Waals surface area (Å²) in [6.45, 7) is 6.69. The first-order valence-electron chi connectivity index (χ1n) is 9.26. The standard InChI is InChI=1S/C19H24N4O4/c1-14-17(21-13-27-14)19(24)23-7-10-26-16(12-22-5-8-25-9-6-22)18(23)15-3-2-4-20-11-15/h2-4,11,13,16,18H,5-10,12H2,1H3/t16-,18-/m0/s1. The quantitative estimate of drug-likeness (QED) is 0.800. The molecule has 0 bridgehead atoms. The molecule has 4 heterocycles. The normalized spacial score (nSPS) is 24.1. The first kappa shape index (κ1) is 18.1. The van der Waals surface area contributed by atoms with E-state index in [9.17, 15) is 4.79 Å². The molecule has 0 N–H and O–H groups in total. The van der Waals surface area contributed by atoms with Crippen LogP contribution in [-0.2, 0) is 9.47 Å². The van der Waals surface area contributed by atoms with Crippen molar-refractivity contribution in [2.75, 3.05) is 46.0 Å². The fourth-order valence-corrected chi connectivity index (χ4v) is 3.74. The number of hydrogen-bond acceptors (Lipinski definition) is 7. The highest BCUT2D eigenvalue weighted by atomic mass is 16.5. The van der Waals surface area contributed by atoms with E-state index >= 15 is 0 Å². The summed E-state index contributed by atoms with van der Waals surface area (Å²) in [5.41, 5.74) is 1.32. The molecule has 2 aliphatic heterocycles. The summed E-state index contributed by atoms with van der Waals surface area (Å²) in [7, 11) is 0. The van der Waals surface area contributed by atoms with Crippen LogP contribution in [0.25, 0.3) is 0 Å². The van der Waals surface area contributed by atoms with Gasteiger partial charge in [-0.05, 0) is 18.6 Å². The summed E-state index contributed by atoms with van der Waals surface area (Å²) in [6.07, 6.45) is 4.71. The van der Waals surface area contributed by atoms with Gasteiger partial charge in [-0.25, -0.2) is 4.98 Å². The van der Waals surface area contributed by atoms with Crippen molar-refractivity contribution in [3.8, 4) is 0 Å². The highest BCUT2D eigenvalue weighted by Gasteiger charge is 2.39. The number of hydrogen-bond donors (Lipinski definition) is 0. The zero-order valence-corrected chi connectivity index (χ0v) is 15.4. The van der Waals surface area contributed by atoms with Crippen LogP contribution in [-0.4, -0.2) is 77.8 Å². The molecule has 4 rings (SSSR count). The molecule has 0 aromatic carbocycles. The lowest BCUT2D eigenvalue weighted by Crippen LogP contribution is -2.53. The van der Waals surface area contributed by atoms with E-state index < -0.39 is 0 Å². The molecule has 1 amide bonds. The maximum atomic E-state index is 13.2. The summed E-state index contributed by atoms with van der Waals surface area (Å²) in [4.78, 5) is 25.7. The van der Waals surface area contributed by atoms with Crippen LogP contribution < -0.4 is 0 Å². The van der Waals surface area contributed by atoms with E-state index in [4.69, 9.17) is 13.9 Å². The van der Waals surface area contributed by atoms with E-state index in [1.807, 2.05) is 23.2 Å². The highest BCUT2D eigenvalue weighted by molar-refractivity contribution is 5.93. The molecule has 0 saturated carbocycles. The van der Waals surface area contributed by atoms with E-state index in [0.29, 0.717) is 24.6 Å². The lowest BCUT2D eigenvalue weighted by molar-refractivity contribution is -0.0821. The number of carbonyl (C=O) groups is 1. The second-order valence-corrected chi connectivity index (χ2v) is 6.81. The minimum atomic E-state index is -0.223. The van der Waals surface area contributed by atoms with Crippen LogP contribution in [0.2, 0.25) is 0 Å². The lowest BCUT2D eigenvalue weighted by Gasteiger charge is -2.43. The van der Waals surface area contributed by atoms with Crippen LogP contribution in [0.1, 0.15) is 27.9 Å². The second-order valence-electron chi connectivity index (χ2n) is 6.81. The number of amides is 1. The van der Waals surface area contributed by atoms with Gasteiger partial charge in [0.05, 0.1) is 32.0 Å². The van der Waals surface area contributed by atoms with Gasteiger partial charge in [-0.2, -0.15) is 0 Å². The van der Waals surface area contributed by atoms with Crippen molar-refractivity contribution in [3.05, 3.63) is 47.9 Å². The SMILES string of the molecule is Cc1ocnc1C(=O)N1CCO[C@@H](CN2CCOCC2)[C@@H]1c1cccnc1. The molecule has 27 heavy (non-hydrogen) atoms. The first-order chi connectivity index (χ1) is 13.2. The van der Waals surface area contributed by atoms with Gasteiger partial charge < -0.3 is 18.8 Å². The number of aromatic nitrogens is 2. The maximum Gasteiger partial charge on any atom is 0.276 e. The third-order valence-electron chi connectivity index (χ3n) is 5.13. The van der Waals surface area contributed by atoms with Crippen molar-refractivity contribution >= 4 is 5.91 Å². The maximum absolute atomic E-state index is 13.2.